The fourth-order valence-electron chi connectivity index (χ4n) is 2.39. The molecule has 1 aromatic heterocycles. The second-order valence-electron chi connectivity index (χ2n) is 5.03. The van der Waals surface area contributed by atoms with E-state index in [1.165, 1.54) is 24.2 Å². The van der Waals surface area contributed by atoms with Gasteiger partial charge in [-0.2, -0.15) is 0 Å². The second-order valence-corrected chi connectivity index (χ2v) is 5.94. The summed E-state index contributed by atoms with van der Waals surface area (Å²) in [5.74, 6) is -0.180. The molecule has 1 aliphatic rings. The zero-order valence-electron chi connectivity index (χ0n) is 10.4. The molecule has 0 radical (unpaired) electrons. The highest BCUT2D eigenvalue weighted by Gasteiger charge is 2.28. The molecule has 100 valence electrons. The Morgan fingerprint density at radius 3 is 2.61 bits per heavy atom. The molecule has 0 aromatic carbocycles. The molecule has 1 saturated carbocycles. The molecule has 4 nitrogen and oxygen atoms in total. The number of thiophene rings is 1. The Bertz CT molecular complexity index is 409. The van der Waals surface area contributed by atoms with Crippen molar-refractivity contribution in [2.24, 2.45) is 0 Å². The Morgan fingerprint density at radius 1 is 1.39 bits per heavy atom. The minimum atomic E-state index is -0.738. The summed E-state index contributed by atoms with van der Waals surface area (Å²) in [5.41, 5.74) is 5.46. The Balaban J connectivity index is 1.90. The Kier molecular flexibility index (Phi) is 4.24. The fraction of sp³-hybridized carbons (Fsp3) is 0.615. The van der Waals surface area contributed by atoms with Gasteiger partial charge in [-0.25, -0.2) is 0 Å². The summed E-state index contributed by atoms with van der Waals surface area (Å²) >= 11 is 1.33. The number of nitrogens with one attached hydrogen (secondary N) is 1. The monoisotopic (exact) mass is 268 g/mol. The molecule has 5 heteroatoms. The first-order chi connectivity index (χ1) is 8.61. The molecule has 0 aliphatic heterocycles. The van der Waals surface area contributed by atoms with E-state index < -0.39 is 5.60 Å². The number of carbonyl (C=O) groups excluding carboxylic acids is 1. The number of nitrogens with two attached hydrogens (primary N) is 1. The maximum Gasteiger partial charge on any atom is 0.263 e. The summed E-state index contributed by atoms with van der Waals surface area (Å²) in [6.45, 7) is 0.323. The van der Waals surface area contributed by atoms with Crippen molar-refractivity contribution >= 4 is 22.9 Å². The number of hydrogen-bond donors (Lipinski definition) is 3. The summed E-state index contributed by atoms with van der Waals surface area (Å²) < 4.78 is 0. The second kappa shape index (κ2) is 5.71. The molecule has 1 aromatic rings. The van der Waals surface area contributed by atoms with Gasteiger partial charge in [0.15, 0.2) is 0 Å². The third kappa shape index (κ3) is 3.23. The Morgan fingerprint density at radius 2 is 2.06 bits per heavy atom. The summed E-state index contributed by atoms with van der Waals surface area (Å²) in [6.07, 6.45) is 5.96. The lowest BCUT2D eigenvalue weighted by atomic mass is 9.94. The van der Waals surface area contributed by atoms with Crippen LogP contribution in [-0.2, 0) is 0 Å². The first-order valence-corrected chi connectivity index (χ1v) is 7.32. The zero-order chi connectivity index (χ0) is 13.0. The van der Waals surface area contributed by atoms with Gasteiger partial charge < -0.3 is 16.2 Å². The molecule has 4 N–H and O–H groups in total. The third-order valence-electron chi connectivity index (χ3n) is 3.51. The molecule has 0 atom stereocenters. The minimum absolute atomic E-state index is 0.180. The van der Waals surface area contributed by atoms with Gasteiger partial charge in [-0.05, 0) is 24.3 Å². The zero-order valence-corrected chi connectivity index (χ0v) is 11.3. The highest BCUT2D eigenvalue weighted by molar-refractivity contribution is 7.12. The van der Waals surface area contributed by atoms with Crippen molar-refractivity contribution in [3.05, 3.63) is 16.3 Å². The number of amides is 1. The maximum absolute atomic E-state index is 11.9. The van der Waals surface area contributed by atoms with Crippen LogP contribution in [0.25, 0.3) is 0 Å². The van der Waals surface area contributed by atoms with Gasteiger partial charge in [-0.15, -0.1) is 11.3 Å². The maximum atomic E-state index is 11.9. The molecule has 1 fully saturated rings. The summed E-state index contributed by atoms with van der Waals surface area (Å²) in [4.78, 5) is 12.4. The molecule has 1 amide bonds. The quantitative estimate of drug-likeness (QED) is 0.735. The van der Waals surface area contributed by atoms with E-state index in [1.807, 2.05) is 0 Å². The van der Waals surface area contributed by atoms with Crippen LogP contribution in [0.1, 0.15) is 48.2 Å². The summed E-state index contributed by atoms with van der Waals surface area (Å²) in [6, 6.07) is 1.72. The van der Waals surface area contributed by atoms with E-state index in [0.717, 1.165) is 25.7 Å². The highest BCUT2D eigenvalue weighted by Crippen LogP contribution is 2.26. The predicted molar refractivity (Wildman–Crippen MR) is 73.7 cm³/mol. The smallest absolute Gasteiger partial charge is 0.263 e. The molecule has 0 spiro atoms. The number of hydrogen-bond acceptors (Lipinski definition) is 4. The average Bonchev–Trinajstić information content (AvgIpc) is 2.65. The lowest BCUT2D eigenvalue weighted by Gasteiger charge is -2.26. The van der Waals surface area contributed by atoms with Crippen molar-refractivity contribution in [2.45, 2.75) is 44.1 Å². The first-order valence-electron chi connectivity index (χ1n) is 6.44. The molecular weight excluding hydrogens is 248 g/mol. The minimum Gasteiger partial charge on any atom is -0.397 e. The molecule has 18 heavy (non-hydrogen) atoms. The first kappa shape index (κ1) is 13.4. The van der Waals surface area contributed by atoms with Gasteiger partial charge in [0.1, 0.15) is 4.88 Å². The van der Waals surface area contributed by atoms with Crippen LogP contribution in [0.3, 0.4) is 0 Å². The van der Waals surface area contributed by atoms with Crippen LogP contribution in [-0.4, -0.2) is 23.2 Å². The van der Waals surface area contributed by atoms with E-state index in [-0.39, 0.29) is 5.91 Å². The van der Waals surface area contributed by atoms with Crippen molar-refractivity contribution in [1.29, 1.82) is 0 Å². The summed E-state index contributed by atoms with van der Waals surface area (Å²) in [7, 11) is 0. The van der Waals surface area contributed by atoms with E-state index >= 15 is 0 Å². The Labute approximate surface area is 111 Å². The number of rotatable bonds is 3. The van der Waals surface area contributed by atoms with Crippen molar-refractivity contribution in [3.8, 4) is 0 Å². The van der Waals surface area contributed by atoms with Crippen LogP contribution < -0.4 is 11.1 Å². The van der Waals surface area contributed by atoms with Gasteiger partial charge in [0, 0.05) is 6.54 Å². The van der Waals surface area contributed by atoms with Crippen molar-refractivity contribution in [3.63, 3.8) is 0 Å². The van der Waals surface area contributed by atoms with E-state index in [2.05, 4.69) is 5.32 Å². The highest BCUT2D eigenvalue weighted by atomic mass is 32.1. The van der Waals surface area contributed by atoms with E-state index in [0.29, 0.717) is 17.1 Å². The topological polar surface area (TPSA) is 75.4 Å². The molecule has 2 rings (SSSR count). The van der Waals surface area contributed by atoms with Crippen LogP contribution >= 0.6 is 11.3 Å². The SMILES string of the molecule is Nc1ccsc1C(=O)NCC1(O)CCCCCC1. The number of carbonyl (C=O) groups is 1. The van der Waals surface area contributed by atoms with Gasteiger partial charge in [0.25, 0.3) is 5.91 Å². The van der Waals surface area contributed by atoms with Gasteiger partial charge in [-0.3, -0.25) is 4.79 Å². The molecule has 1 aliphatic carbocycles. The molecule has 0 bridgehead atoms. The van der Waals surface area contributed by atoms with Gasteiger partial charge in [0.2, 0.25) is 0 Å². The predicted octanol–water partition coefficient (Wildman–Crippen LogP) is 2.15. The van der Waals surface area contributed by atoms with Gasteiger partial charge >= 0.3 is 0 Å². The molecule has 0 saturated heterocycles. The standard InChI is InChI=1S/C13H20N2O2S/c14-10-5-8-18-11(10)12(16)15-9-13(17)6-3-1-2-4-7-13/h5,8,17H,1-4,6-7,9,14H2,(H,15,16). The van der Waals surface area contributed by atoms with Crippen molar-refractivity contribution in [1.82, 2.24) is 5.32 Å². The number of nitrogen functional groups attached to an aromatic ring is 1. The van der Waals surface area contributed by atoms with Crippen LogP contribution in [0.2, 0.25) is 0 Å². The lowest BCUT2D eigenvalue weighted by Crippen LogP contribution is -2.42. The van der Waals surface area contributed by atoms with E-state index in [1.54, 1.807) is 11.4 Å². The lowest BCUT2D eigenvalue weighted by molar-refractivity contribution is 0.0247. The van der Waals surface area contributed by atoms with Crippen LogP contribution in [0, 0.1) is 0 Å². The molecule has 1 heterocycles. The average molecular weight is 268 g/mol. The van der Waals surface area contributed by atoms with E-state index in [9.17, 15) is 9.90 Å². The Hall–Kier alpha value is -1.07. The van der Waals surface area contributed by atoms with Crippen molar-refractivity contribution in [2.75, 3.05) is 12.3 Å². The van der Waals surface area contributed by atoms with Crippen LogP contribution in [0.5, 0.6) is 0 Å². The number of anilines is 1. The normalized spacial score (nSPS) is 19.2. The fourth-order valence-corrected chi connectivity index (χ4v) is 3.13. The van der Waals surface area contributed by atoms with Crippen LogP contribution in [0.15, 0.2) is 11.4 Å². The van der Waals surface area contributed by atoms with E-state index in [4.69, 9.17) is 5.73 Å². The number of aliphatic hydroxyl groups is 1. The summed E-state index contributed by atoms with van der Waals surface area (Å²) in [5, 5.41) is 15.0. The van der Waals surface area contributed by atoms with Crippen LogP contribution in [0.4, 0.5) is 5.69 Å². The molecule has 0 unspecified atom stereocenters. The molecular formula is C13H20N2O2S. The van der Waals surface area contributed by atoms with Crippen molar-refractivity contribution < 1.29 is 9.90 Å². The largest absolute Gasteiger partial charge is 0.397 e. The third-order valence-corrected chi connectivity index (χ3v) is 4.44. The van der Waals surface area contributed by atoms with Gasteiger partial charge in [0.05, 0.1) is 11.3 Å². The van der Waals surface area contributed by atoms with Gasteiger partial charge in [-0.1, -0.05) is 25.7 Å².